The fraction of sp³-hybridized carbons (Fsp3) is 0.333. The van der Waals surface area contributed by atoms with Gasteiger partial charge in [0.05, 0.1) is 17.5 Å². The first-order chi connectivity index (χ1) is 13.3. The number of rotatable bonds is 3. The highest BCUT2D eigenvalue weighted by molar-refractivity contribution is 8.16. The normalized spacial score (nSPS) is 24.7. The molecule has 0 N–H and O–H groups in total. The first-order valence-electron chi connectivity index (χ1n) is 9.28. The Morgan fingerprint density at radius 2 is 1.75 bits per heavy atom. The van der Waals surface area contributed by atoms with Gasteiger partial charge in [0.1, 0.15) is 0 Å². The number of hydrogen-bond acceptors (Lipinski definition) is 4. The molecule has 0 spiro atoms. The van der Waals surface area contributed by atoms with E-state index in [9.17, 15) is 13.2 Å². The first kappa shape index (κ1) is 19.2. The third-order valence-corrected chi connectivity index (χ3v) is 8.33. The van der Waals surface area contributed by atoms with Gasteiger partial charge in [-0.25, -0.2) is 8.42 Å². The minimum absolute atomic E-state index is 0.0924. The molecule has 0 aromatic heterocycles. The van der Waals surface area contributed by atoms with Crippen molar-refractivity contribution < 1.29 is 13.2 Å². The van der Waals surface area contributed by atoms with Crippen molar-refractivity contribution in [3.05, 3.63) is 65.7 Å². The number of carbonyl (C=O) groups is 1. The number of amides is 1. The minimum atomic E-state index is -3.07. The highest BCUT2D eigenvalue weighted by Crippen LogP contribution is 2.41. The zero-order valence-corrected chi connectivity index (χ0v) is 17.4. The molecule has 2 aromatic carbocycles. The van der Waals surface area contributed by atoms with E-state index in [0.717, 1.165) is 5.69 Å². The van der Waals surface area contributed by atoms with Crippen LogP contribution in [0, 0.1) is 0 Å². The van der Waals surface area contributed by atoms with Crippen molar-refractivity contribution >= 4 is 38.4 Å². The number of carbonyl (C=O) groups excluding carboxylic acids is 1. The average molecular weight is 415 g/mol. The summed E-state index contributed by atoms with van der Waals surface area (Å²) in [4.78, 5) is 18.9. The predicted molar refractivity (Wildman–Crippen MR) is 115 cm³/mol. The van der Waals surface area contributed by atoms with E-state index in [1.165, 1.54) is 17.3 Å². The average Bonchev–Trinajstić information content (AvgIpc) is 3.13. The number of amidine groups is 1. The Kier molecular flexibility index (Phi) is 5.05. The number of fused-ring (bicyclic) bond motifs is 1. The maximum absolute atomic E-state index is 12.6. The van der Waals surface area contributed by atoms with Gasteiger partial charge in [-0.2, -0.15) is 4.99 Å². The first-order valence-corrected chi connectivity index (χ1v) is 12.0. The van der Waals surface area contributed by atoms with Crippen LogP contribution >= 0.6 is 11.8 Å². The SMILES string of the molecule is CC(C)c1ccc(N2C(=NC(=O)c3ccccc3)SC3CS(=O)(=O)CC32)cc1. The van der Waals surface area contributed by atoms with Crippen molar-refractivity contribution in [3.8, 4) is 0 Å². The van der Waals surface area contributed by atoms with Gasteiger partial charge in [-0.05, 0) is 35.7 Å². The lowest BCUT2D eigenvalue weighted by molar-refractivity contribution is 0.100. The van der Waals surface area contributed by atoms with Crippen LogP contribution in [0.2, 0.25) is 0 Å². The second kappa shape index (κ2) is 7.37. The Bertz CT molecular complexity index is 1020. The molecular formula is C21H22N2O3S2. The van der Waals surface area contributed by atoms with E-state index >= 15 is 0 Å². The maximum atomic E-state index is 12.6. The van der Waals surface area contributed by atoms with Gasteiger partial charge in [-0.3, -0.25) is 4.79 Å². The molecule has 4 rings (SSSR count). The Balaban J connectivity index is 1.71. The van der Waals surface area contributed by atoms with Crippen LogP contribution in [0.4, 0.5) is 5.69 Å². The van der Waals surface area contributed by atoms with E-state index in [-0.39, 0.29) is 28.7 Å². The summed E-state index contributed by atoms with van der Waals surface area (Å²) < 4.78 is 24.3. The second-order valence-corrected chi connectivity index (χ2v) is 10.8. The lowest BCUT2D eigenvalue weighted by Crippen LogP contribution is -2.37. The van der Waals surface area contributed by atoms with Crippen LogP contribution in [0.3, 0.4) is 0 Å². The zero-order valence-electron chi connectivity index (χ0n) is 15.8. The number of benzene rings is 2. The van der Waals surface area contributed by atoms with Crippen LogP contribution in [-0.4, -0.2) is 42.3 Å². The van der Waals surface area contributed by atoms with Crippen molar-refractivity contribution in [2.45, 2.75) is 31.1 Å². The summed E-state index contributed by atoms with van der Waals surface area (Å²) in [6.07, 6.45) is 0. The molecule has 5 nitrogen and oxygen atoms in total. The van der Waals surface area contributed by atoms with Gasteiger partial charge >= 0.3 is 0 Å². The summed E-state index contributed by atoms with van der Waals surface area (Å²) in [6.45, 7) is 4.26. The van der Waals surface area contributed by atoms with Crippen LogP contribution in [0.25, 0.3) is 0 Å². The molecule has 2 atom stereocenters. The minimum Gasteiger partial charge on any atom is -0.316 e. The molecule has 0 saturated carbocycles. The summed E-state index contributed by atoms with van der Waals surface area (Å²) in [5, 5.41) is 0.480. The third kappa shape index (κ3) is 3.73. The maximum Gasteiger partial charge on any atom is 0.279 e. The molecule has 146 valence electrons. The topological polar surface area (TPSA) is 66.8 Å². The molecule has 0 bridgehead atoms. The fourth-order valence-corrected chi connectivity index (χ4v) is 7.53. The Morgan fingerprint density at radius 3 is 2.39 bits per heavy atom. The lowest BCUT2D eigenvalue weighted by Gasteiger charge is -2.25. The smallest absolute Gasteiger partial charge is 0.279 e. The summed E-state index contributed by atoms with van der Waals surface area (Å²) in [5.74, 6) is 0.320. The number of hydrogen-bond donors (Lipinski definition) is 0. The van der Waals surface area contributed by atoms with Crippen molar-refractivity contribution in [1.29, 1.82) is 0 Å². The number of nitrogens with zero attached hydrogens (tertiary/aromatic N) is 2. The summed E-state index contributed by atoms with van der Waals surface area (Å²) in [6, 6.07) is 16.8. The number of sulfone groups is 1. The molecule has 2 fully saturated rings. The van der Waals surface area contributed by atoms with Gasteiger partial charge in [0.25, 0.3) is 5.91 Å². The second-order valence-electron chi connectivity index (χ2n) is 7.48. The van der Waals surface area contributed by atoms with Crippen LogP contribution < -0.4 is 4.90 Å². The summed E-state index contributed by atoms with van der Waals surface area (Å²) in [5.41, 5.74) is 2.61. The highest BCUT2D eigenvalue weighted by atomic mass is 32.2. The predicted octanol–water partition coefficient (Wildman–Crippen LogP) is 3.73. The van der Waals surface area contributed by atoms with E-state index < -0.39 is 9.84 Å². The molecule has 2 unspecified atom stereocenters. The van der Waals surface area contributed by atoms with Gasteiger partial charge in [0.15, 0.2) is 15.0 Å². The number of anilines is 1. The number of thioether (sulfide) groups is 1. The van der Waals surface area contributed by atoms with Gasteiger partial charge in [0, 0.05) is 16.5 Å². The molecule has 2 aliphatic rings. The van der Waals surface area contributed by atoms with E-state index in [4.69, 9.17) is 0 Å². The lowest BCUT2D eigenvalue weighted by atomic mass is 10.0. The van der Waals surface area contributed by atoms with Gasteiger partial charge < -0.3 is 4.90 Å². The molecule has 2 saturated heterocycles. The summed E-state index contributed by atoms with van der Waals surface area (Å²) in [7, 11) is -3.07. The molecule has 2 heterocycles. The van der Waals surface area contributed by atoms with Crippen LogP contribution in [0.1, 0.15) is 35.7 Å². The highest BCUT2D eigenvalue weighted by Gasteiger charge is 2.49. The Morgan fingerprint density at radius 1 is 1.07 bits per heavy atom. The fourth-order valence-electron chi connectivity index (χ4n) is 3.62. The molecular weight excluding hydrogens is 392 g/mol. The van der Waals surface area contributed by atoms with Gasteiger partial charge in [-0.1, -0.05) is 55.9 Å². The monoisotopic (exact) mass is 414 g/mol. The molecule has 7 heteroatoms. The Hall–Kier alpha value is -2.12. The summed E-state index contributed by atoms with van der Waals surface area (Å²) >= 11 is 1.40. The molecule has 2 aromatic rings. The van der Waals surface area contributed by atoms with Crippen LogP contribution in [0.5, 0.6) is 0 Å². The van der Waals surface area contributed by atoms with Gasteiger partial charge in [-0.15, -0.1) is 0 Å². The number of aliphatic imine (C=N–C) groups is 1. The van der Waals surface area contributed by atoms with Crippen LogP contribution in [0.15, 0.2) is 59.6 Å². The molecule has 0 radical (unpaired) electrons. The standard InChI is InChI=1S/C21H22N2O3S2/c1-14(2)15-8-10-17(11-9-15)23-18-12-28(25,26)13-19(18)27-21(23)22-20(24)16-6-4-3-5-7-16/h3-11,14,18-19H,12-13H2,1-2H3. The van der Waals surface area contributed by atoms with E-state index in [1.807, 2.05) is 23.1 Å². The van der Waals surface area contributed by atoms with Crippen LogP contribution in [-0.2, 0) is 9.84 Å². The Labute approximate surface area is 169 Å². The van der Waals surface area contributed by atoms with Gasteiger partial charge in [0.2, 0.25) is 0 Å². The molecule has 2 aliphatic heterocycles. The quantitative estimate of drug-likeness (QED) is 0.766. The van der Waals surface area contributed by atoms with Crippen molar-refractivity contribution in [2.75, 3.05) is 16.4 Å². The molecule has 0 aliphatic carbocycles. The van der Waals surface area contributed by atoms with Crippen molar-refractivity contribution in [1.82, 2.24) is 0 Å². The largest absolute Gasteiger partial charge is 0.316 e. The van der Waals surface area contributed by atoms with E-state index in [1.54, 1.807) is 24.3 Å². The zero-order chi connectivity index (χ0) is 19.9. The third-order valence-electron chi connectivity index (χ3n) is 5.12. The van der Waals surface area contributed by atoms with E-state index in [0.29, 0.717) is 16.6 Å². The van der Waals surface area contributed by atoms with Crippen molar-refractivity contribution in [2.24, 2.45) is 4.99 Å². The van der Waals surface area contributed by atoms with E-state index in [2.05, 4.69) is 31.0 Å². The van der Waals surface area contributed by atoms with Crippen molar-refractivity contribution in [3.63, 3.8) is 0 Å². The molecule has 28 heavy (non-hydrogen) atoms. The molecule has 1 amide bonds.